The minimum atomic E-state index is 0.218. The molecule has 0 radical (unpaired) electrons. The summed E-state index contributed by atoms with van der Waals surface area (Å²) < 4.78 is 2.05. The number of carbonyl (C=O) groups is 1. The van der Waals surface area contributed by atoms with Crippen molar-refractivity contribution in [2.75, 3.05) is 18.8 Å². The van der Waals surface area contributed by atoms with Crippen LogP contribution in [-0.2, 0) is 11.8 Å². The molecule has 0 atom stereocenters. The molecule has 19 heavy (non-hydrogen) atoms. The van der Waals surface area contributed by atoms with E-state index in [1.165, 1.54) is 11.8 Å². The lowest BCUT2D eigenvalue weighted by Gasteiger charge is -2.37. The SMILES string of the molecule is CC1CN(C(=O)CSc2nc3ccccc3n2C)C1. The maximum atomic E-state index is 11.9. The molecule has 1 saturated heterocycles. The second-order valence-corrected chi connectivity index (χ2v) is 6.08. The largest absolute Gasteiger partial charge is 0.341 e. The fourth-order valence-electron chi connectivity index (χ4n) is 2.37. The average Bonchev–Trinajstić information content (AvgIpc) is 2.70. The highest BCUT2D eigenvalue weighted by atomic mass is 32.2. The molecular weight excluding hydrogens is 258 g/mol. The van der Waals surface area contributed by atoms with Crippen molar-refractivity contribution in [2.24, 2.45) is 13.0 Å². The number of para-hydroxylation sites is 2. The molecule has 0 aliphatic carbocycles. The lowest BCUT2D eigenvalue weighted by Crippen LogP contribution is -2.49. The van der Waals surface area contributed by atoms with Crippen molar-refractivity contribution in [3.05, 3.63) is 24.3 Å². The van der Waals surface area contributed by atoms with Gasteiger partial charge in [-0.25, -0.2) is 4.98 Å². The Balaban J connectivity index is 1.68. The molecule has 1 fully saturated rings. The molecule has 1 aromatic heterocycles. The van der Waals surface area contributed by atoms with E-state index in [1.807, 2.05) is 40.8 Å². The summed E-state index contributed by atoms with van der Waals surface area (Å²) in [5.41, 5.74) is 2.09. The fraction of sp³-hybridized carbons (Fsp3) is 0.429. The van der Waals surface area contributed by atoms with E-state index in [4.69, 9.17) is 0 Å². The van der Waals surface area contributed by atoms with Gasteiger partial charge in [-0.1, -0.05) is 30.8 Å². The zero-order valence-corrected chi connectivity index (χ0v) is 12.0. The van der Waals surface area contributed by atoms with E-state index in [2.05, 4.69) is 11.9 Å². The number of amides is 1. The number of benzene rings is 1. The van der Waals surface area contributed by atoms with Crippen molar-refractivity contribution >= 4 is 28.7 Å². The molecule has 1 aliphatic rings. The van der Waals surface area contributed by atoms with Crippen LogP contribution in [0.5, 0.6) is 0 Å². The van der Waals surface area contributed by atoms with Crippen LogP contribution in [0.1, 0.15) is 6.92 Å². The van der Waals surface area contributed by atoms with Crippen molar-refractivity contribution in [3.8, 4) is 0 Å². The molecule has 0 N–H and O–H groups in total. The van der Waals surface area contributed by atoms with E-state index in [-0.39, 0.29) is 5.91 Å². The Bertz CT molecular complexity index is 616. The van der Waals surface area contributed by atoms with Crippen LogP contribution in [0.2, 0.25) is 0 Å². The van der Waals surface area contributed by atoms with Crippen molar-refractivity contribution in [1.82, 2.24) is 14.5 Å². The van der Waals surface area contributed by atoms with E-state index in [0.29, 0.717) is 11.7 Å². The number of rotatable bonds is 3. The van der Waals surface area contributed by atoms with E-state index < -0.39 is 0 Å². The second kappa shape index (κ2) is 4.89. The molecule has 5 heteroatoms. The van der Waals surface area contributed by atoms with Crippen molar-refractivity contribution in [3.63, 3.8) is 0 Å². The van der Waals surface area contributed by atoms with E-state index in [1.54, 1.807) is 0 Å². The van der Waals surface area contributed by atoms with Crippen LogP contribution >= 0.6 is 11.8 Å². The molecule has 1 aliphatic heterocycles. The van der Waals surface area contributed by atoms with Crippen molar-refractivity contribution in [2.45, 2.75) is 12.1 Å². The number of hydrogen-bond donors (Lipinski definition) is 0. The highest BCUT2D eigenvalue weighted by Crippen LogP contribution is 2.24. The maximum absolute atomic E-state index is 11.9. The molecule has 2 aromatic rings. The van der Waals surface area contributed by atoms with Gasteiger partial charge in [-0.2, -0.15) is 0 Å². The number of hydrogen-bond acceptors (Lipinski definition) is 3. The van der Waals surface area contributed by atoms with Gasteiger partial charge in [0, 0.05) is 20.1 Å². The summed E-state index contributed by atoms with van der Waals surface area (Å²) in [6.07, 6.45) is 0. The lowest BCUT2D eigenvalue weighted by atomic mass is 10.0. The molecule has 1 amide bonds. The quantitative estimate of drug-likeness (QED) is 0.806. The highest BCUT2D eigenvalue weighted by molar-refractivity contribution is 7.99. The molecule has 2 heterocycles. The third-order valence-corrected chi connectivity index (χ3v) is 4.50. The van der Waals surface area contributed by atoms with Gasteiger partial charge < -0.3 is 9.47 Å². The molecule has 0 bridgehead atoms. The zero-order valence-electron chi connectivity index (χ0n) is 11.2. The first-order valence-corrected chi connectivity index (χ1v) is 7.45. The zero-order chi connectivity index (χ0) is 13.4. The van der Waals surface area contributed by atoms with Crippen LogP contribution in [0.4, 0.5) is 0 Å². The number of aromatic nitrogens is 2. The number of thioether (sulfide) groups is 1. The Morgan fingerprint density at radius 2 is 2.16 bits per heavy atom. The van der Waals surface area contributed by atoms with E-state index >= 15 is 0 Å². The molecule has 0 unspecified atom stereocenters. The maximum Gasteiger partial charge on any atom is 0.233 e. The van der Waals surface area contributed by atoms with Crippen LogP contribution in [0.25, 0.3) is 11.0 Å². The summed E-state index contributed by atoms with van der Waals surface area (Å²) in [5.74, 6) is 1.35. The minimum absolute atomic E-state index is 0.218. The Labute approximate surface area is 116 Å². The van der Waals surface area contributed by atoms with E-state index in [0.717, 1.165) is 29.3 Å². The summed E-state index contributed by atoms with van der Waals surface area (Å²) in [5, 5.41) is 0.906. The molecule has 4 nitrogen and oxygen atoms in total. The topological polar surface area (TPSA) is 38.1 Å². The molecule has 3 rings (SSSR count). The number of imidazole rings is 1. The third kappa shape index (κ3) is 2.34. The number of carbonyl (C=O) groups excluding carboxylic acids is 1. The van der Waals surface area contributed by atoms with Crippen LogP contribution in [-0.4, -0.2) is 39.2 Å². The Kier molecular flexibility index (Phi) is 3.22. The molecular formula is C14H17N3OS. The number of nitrogens with zero attached hydrogens (tertiary/aromatic N) is 3. The smallest absolute Gasteiger partial charge is 0.233 e. The normalized spacial score (nSPS) is 15.8. The van der Waals surface area contributed by atoms with Crippen LogP contribution in [0, 0.1) is 5.92 Å². The monoisotopic (exact) mass is 275 g/mol. The van der Waals surface area contributed by atoms with Crippen LogP contribution in [0.3, 0.4) is 0 Å². The van der Waals surface area contributed by atoms with Crippen molar-refractivity contribution in [1.29, 1.82) is 0 Å². The first kappa shape index (κ1) is 12.5. The van der Waals surface area contributed by atoms with Gasteiger partial charge in [0.05, 0.1) is 16.8 Å². The Hall–Kier alpha value is -1.49. The first-order valence-electron chi connectivity index (χ1n) is 6.47. The predicted molar refractivity (Wildman–Crippen MR) is 77.2 cm³/mol. The van der Waals surface area contributed by atoms with E-state index in [9.17, 15) is 4.79 Å². The molecule has 0 saturated carbocycles. The number of likely N-dealkylation sites (tertiary alicyclic amines) is 1. The summed E-state index contributed by atoms with van der Waals surface area (Å²) in [6.45, 7) is 3.98. The first-order chi connectivity index (χ1) is 9.15. The standard InChI is InChI=1S/C14H17N3OS/c1-10-7-17(8-10)13(18)9-19-14-15-11-5-3-4-6-12(11)16(14)2/h3-6,10H,7-9H2,1-2H3. The summed E-state index contributed by atoms with van der Waals surface area (Å²) in [6, 6.07) is 8.03. The van der Waals surface area contributed by atoms with Gasteiger partial charge in [0.25, 0.3) is 0 Å². The van der Waals surface area contributed by atoms with Crippen LogP contribution < -0.4 is 0 Å². The lowest BCUT2D eigenvalue weighted by molar-refractivity contribution is -0.134. The highest BCUT2D eigenvalue weighted by Gasteiger charge is 2.27. The van der Waals surface area contributed by atoms with Gasteiger partial charge in [0.15, 0.2) is 5.16 Å². The Morgan fingerprint density at radius 3 is 2.84 bits per heavy atom. The van der Waals surface area contributed by atoms with Gasteiger partial charge in [-0.15, -0.1) is 0 Å². The summed E-state index contributed by atoms with van der Waals surface area (Å²) in [7, 11) is 1.99. The Morgan fingerprint density at radius 1 is 1.42 bits per heavy atom. The van der Waals surface area contributed by atoms with Crippen molar-refractivity contribution < 1.29 is 4.79 Å². The van der Waals surface area contributed by atoms with Gasteiger partial charge in [0.1, 0.15) is 0 Å². The van der Waals surface area contributed by atoms with Crippen LogP contribution in [0.15, 0.2) is 29.4 Å². The fourth-order valence-corrected chi connectivity index (χ4v) is 3.26. The third-order valence-electron chi connectivity index (χ3n) is 3.49. The molecule has 0 spiro atoms. The van der Waals surface area contributed by atoms with Gasteiger partial charge in [0.2, 0.25) is 5.91 Å². The van der Waals surface area contributed by atoms with Gasteiger partial charge in [-0.3, -0.25) is 4.79 Å². The number of aryl methyl sites for hydroxylation is 1. The predicted octanol–water partition coefficient (Wildman–Crippen LogP) is 2.14. The summed E-state index contributed by atoms with van der Waals surface area (Å²) >= 11 is 1.52. The van der Waals surface area contributed by atoms with Gasteiger partial charge >= 0.3 is 0 Å². The molecule has 100 valence electrons. The summed E-state index contributed by atoms with van der Waals surface area (Å²) in [4.78, 5) is 18.4. The average molecular weight is 275 g/mol. The molecule has 1 aromatic carbocycles. The second-order valence-electron chi connectivity index (χ2n) is 5.13. The van der Waals surface area contributed by atoms with Gasteiger partial charge in [-0.05, 0) is 18.1 Å². The minimum Gasteiger partial charge on any atom is -0.341 e. The number of fused-ring (bicyclic) bond motifs is 1.